The number of ether oxygens (including phenoxy) is 3. The first kappa shape index (κ1) is 69.4. The number of hydrogen-bond acceptors (Lipinski definition) is 6. The average Bonchev–Trinajstić information content (AvgIpc) is 3.37. The van der Waals surface area contributed by atoms with Gasteiger partial charge in [0.2, 0.25) is 0 Å². The molecular formula is C65H126O6. The average molecular weight is 1000 g/mol. The molecule has 0 amide bonds. The van der Waals surface area contributed by atoms with E-state index in [2.05, 4.69) is 20.8 Å². The molecule has 0 aromatic rings. The Morgan fingerprint density at radius 1 is 0.225 bits per heavy atom. The molecule has 6 nitrogen and oxygen atoms in total. The normalized spacial score (nSPS) is 11.9. The minimum Gasteiger partial charge on any atom is -0.462 e. The van der Waals surface area contributed by atoms with Gasteiger partial charge in [-0.15, -0.1) is 0 Å². The van der Waals surface area contributed by atoms with E-state index in [9.17, 15) is 14.4 Å². The van der Waals surface area contributed by atoms with Gasteiger partial charge < -0.3 is 14.2 Å². The summed E-state index contributed by atoms with van der Waals surface area (Å²) in [5, 5.41) is 0. The maximum absolute atomic E-state index is 12.8. The Morgan fingerprint density at radius 3 is 0.563 bits per heavy atom. The molecular weight excluding hydrogens is 877 g/mol. The Hall–Kier alpha value is -1.59. The van der Waals surface area contributed by atoms with E-state index in [0.717, 1.165) is 57.8 Å². The second-order valence-electron chi connectivity index (χ2n) is 22.4. The van der Waals surface area contributed by atoms with Crippen LogP contribution in [0.15, 0.2) is 0 Å². The highest BCUT2D eigenvalue weighted by atomic mass is 16.6. The predicted molar refractivity (Wildman–Crippen MR) is 307 cm³/mol. The summed E-state index contributed by atoms with van der Waals surface area (Å²) in [4.78, 5) is 38.1. The van der Waals surface area contributed by atoms with Crippen LogP contribution in [0.5, 0.6) is 0 Å². The SMILES string of the molecule is CCCCCCCCCCCCCCCCCCCCCCCCCCCCCCCC(=O)OCC(COC(=O)CCCCCCCCCC)OC(=O)CCCCCCCCCCCCCCCCCC. The fourth-order valence-electron chi connectivity index (χ4n) is 10.2. The van der Waals surface area contributed by atoms with Gasteiger partial charge in [0.25, 0.3) is 0 Å². The van der Waals surface area contributed by atoms with Crippen LogP contribution in [0, 0.1) is 0 Å². The van der Waals surface area contributed by atoms with Gasteiger partial charge in [-0.1, -0.05) is 342 Å². The van der Waals surface area contributed by atoms with E-state index < -0.39 is 6.10 Å². The van der Waals surface area contributed by atoms with Gasteiger partial charge in [0, 0.05) is 19.3 Å². The van der Waals surface area contributed by atoms with Gasteiger partial charge in [0.05, 0.1) is 0 Å². The number of unbranched alkanes of at least 4 members (excludes halogenated alkanes) is 50. The lowest BCUT2D eigenvalue weighted by atomic mass is 10.0. The van der Waals surface area contributed by atoms with Gasteiger partial charge in [0.1, 0.15) is 13.2 Å². The molecule has 0 N–H and O–H groups in total. The molecule has 0 rings (SSSR count). The third-order valence-corrected chi connectivity index (χ3v) is 15.1. The molecule has 0 aliphatic heterocycles. The fraction of sp³-hybridized carbons (Fsp3) is 0.954. The third-order valence-electron chi connectivity index (χ3n) is 15.1. The predicted octanol–water partition coefficient (Wildman–Crippen LogP) is 21.9. The maximum atomic E-state index is 12.8. The molecule has 0 aromatic heterocycles. The van der Waals surface area contributed by atoms with E-state index in [1.807, 2.05) is 0 Å². The highest BCUT2D eigenvalue weighted by molar-refractivity contribution is 5.71. The maximum Gasteiger partial charge on any atom is 0.306 e. The first-order chi connectivity index (χ1) is 35.0. The summed E-state index contributed by atoms with van der Waals surface area (Å²) in [7, 11) is 0. The molecule has 71 heavy (non-hydrogen) atoms. The van der Waals surface area contributed by atoms with Crippen molar-refractivity contribution in [3.05, 3.63) is 0 Å². The standard InChI is InChI=1S/C65H126O6/c1-4-7-10-13-16-19-21-23-25-27-28-29-30-31-32-33-34-35-36-37-38-39-41-42-44-46-49-52-55-58-64(67)70-61-62(60-69-63(66)57-54-51-48-18-15-12-9-6-3)71-65(68)59-56-53-50-47-45-43-40-26-24-22-20-17-14-11-8-5-2/h62H,4-61H2,1-3H3. The molecule has 0 aliphatic rings. The fourth-order valence-corrected chi connectivity index (χ4v) is 10.2. The van der Waals surface area contributed by atoms with E-state index in [1.165, 1.54) is 283 Å². The highest BCUT2D eigenvalue weighted by Gasteiger charge is 2.19. The van der Waals surface area contributed by atoms with Crippen molar-refractivity contribution in [3.8, 4) is 0 Å². The number of rotatable bonds is 61. The number of carbonyl (C=O) groups excluding carboxylic acids is 3. The Bertz CT molecular complexity index is 1060. The first-order valence-electron chi connectivity index (χ1n) is 32.5. The summed E-state index contributed by atoms with van der Waals surface area (Å²) in [5.74, 6) is -0.835. The topological polar surface area (TPSA) is 78.9 Å². The largest absolute Gasteiger partial charge is 0.462 e. The number of hydrogen-bond donors (Lipinski definition) is 0. The second-order valence-corrected chi connectivity index (χ2v) is 22.4. The van der Waals surface area contributed by atoms with Gasteiger partial charge in [-0.2, -0.15) is 0 Å². The van der Waals surface area contributed by atoms with E-state index in [1.54, 1.807) is 0 Å². The monoisotopic (exact) mass is 1000 g/mol. The van der Waals surface area contributed by atoms with Gasteiger partial charge in [-0.25, -0.2) is 0 Å². The molecule has 0 aromatic carbocycles. The zero-order chi connectivity index (χ0) is 51.4. The van der Waals surface area contributed by atoms with Crippen LogP contribution in [-0.4, -0.2) is 37.2 Å². The second kappa shape index (κ2) is 61.0. The van der Waals surface area contributed by atoms with Crippen molar-refractivity contribution in [3.63, 3.8) is 0 Å². The Kier molecular flexibility index (Phi) is 59.6. The van der Waals surface area contributed by atoms with Gasteiger partial charge in [0.15, 0.2) is 6.10 Å². The molecule has 1 unspecified atom stereocenters. The summed E-state index contributed by atoms with van der Waals surface area (Å²) in [6.45, 7) is 6.69. The van der Waals surface area contributed by atoms with Crippen molar-refractivity contribution in [2.75, 3.05) is 13.2 Å². The van der Waals surface area contributed by atoms with Crippen LogP contribution in [0.4, 0.5) is 0 Å². The minimum absolute atomic E-state index is 0.0614. The zero-order valence-corrected chi connectivity index (χ0v) is 48.5. The molecule has 422 valence electrons. The molecule has 0 aliphatic carbocycles. The molecule has 6 heteroatoms. The third kappa shape index (κ3) is 59.2. The molecule has 0 saturated heterocycles. The van der Waals surface area contributed by atoms with Crippen LogP contribution in [0.2, 0.25) is 0 Å². The van der Waals surface area contributed by atoms with Crippen LogP contribution >= 0.6 is 0 Å². The Balaban J connectivity index is 4.00. The van der Waals surface area contributed by atoms with Crippen LogP contribution in [0.25, 0.3) is 0 Å². The van der Waals surface area contributed by atoms with Crippen LogP contribution in [-0.2, 0) is 28.6 Å². The summed E-state index contributed by atoms with van der Waals surface area (Å²) >= 11 is 0. The number of carbonyl (C=O) groups is 3. The molecule has 0 bridgehead atoms. The van der Waals surface area contributed by atoms with Crippen molar-refractivity contribution in [2.24, 2.45) is 0 Å². The molecule has 0 spiro atoms. The molecule has 0 radical (unpaired) electrons. The smallest absolute Gasteiger partial charge is 0.306 e. The quantitative estimate of drug-likeness (QED) is 0.0343. The summed E-state index contributed by atoms with van der Waals surface area (Å²) in [6, 6.07) is 0. The van der Waals surface area contributed by atoms with Gasteiger partial charge in [-0.3, -0.25) is 14.4 Å². The van der Waals surface area contributed by atoms with Gasteiger partial charge in [-0.05, 0) is 19.3 Å². The minimum atomic E-state index is -0.761. The molecule has 0 saturated carbocycles. The molecule has 1 atom stereocenters. The van der Waals surface area contributed by atoms with E-state index in [4.69, 9.17) is 14.2 Å². The zero-order valence-electron chi connectivity index (χ0n) is 48.5. The lowest BCUT2D eigenvalue weighted by Gasteiger charge is -2.18. The molecule has 0 fully saturated rings. The first-order valence-corrected chi connectivity index (χ1v) is 32.5. The van der Waals surface area contributed by atoms with E-state index in [-0.39, 0.29) is 31.1 Å². The van der Waals surface area contributed by atoms with Crippen LogP contribution in [0.1, 0.15) is 380 Å². The highest BCUT2D eigenvalue weighted by Crippen LogP contribution is 2.19. The van der Waals surface area contributed by atoms with Crippen LogP contribution < -0.4 is 0 Å². The van der Waals surface area contributed by atoms with E-state index >= 15 is 0 Å². The van der Waals surface area contributed by atoms with Gasteiger partial charge >= 0.3 is 17.9 Å². The van der Waals surface area contributed by atoms with Crippen molar-refractivity contribution < 1.29 is 28.6 Å². The Labute approximate surface area is 444 Å². The number of esters is 3. The lowest BCUT2D eigenvalue weighted by Crippen LogP contribution is -2.30. The Morgan fingerprint density at radius 2 is 0.380 bits per heavy atom. The summed E-state index contributed by atoms with van der Waals surface area (Å²) in [6.07, 6.45) is 70.0. The molecule has 0 heterocycles. The van der Waals surface area contributed by atoms with Crippen molar-refractivity contribution in [1.82, 2.24) is 0 Å². The summed E-state index contributed by atoms with van der Waals surface area (Å²) in [5.41, 5.74) is 0. The van der Waals surface area contributed by atoms with E-state index in [0.29, 0.717) is 19.3 Å². The van der Waals surface area contributed by atoms with Crippen molar-refractivity contribution in [1.29, 1.82) is 0 Å². The van der Waals surface area contributed by atoms with Crippen molar-refractivity contribution >= 4 is 17.9 Å². The lowest BCUT2D eigenvalue weighted by molar-refractivity contribution is -0.167. The van der Waals surface area contributed by atoms with Crippen LogP contribution in [0.3, 0.4) is 0 Å². The summed E-state index contributed by atoms with van der Waals surface area (Å²) < 4.78 is 16.9. The van der Waals surface area contributed by atoms with Crippen molar-refractivity contribution in [2.45, 2.75) is 386 Å².